The fourth-order valence-electron chi connectivity index (χ4n) is 2.91. The molecule has 0 radical (unpaired) electrons. The predicted octanol–water partition coefficient (Wildman–Crippen LogP) is 4.02. The highest BCUT2D eigenvalue weighted by atomic mass is 32.1. The molecule has 138 valence electrons. The normalized spacial score (nSPS) is 16.9. The van der Waals surface area contributed by atoms with E-state index in [9.17, 15) is 4.79 Å². The van der Waals surface area contributed by atoms with Gasteiger partial charge in [0.15, 0.2) is 5.82 Å². The van der Waals surface area contributed by atoms with Crippen LogP contribution in [0.2, 0.25) is 0 Å². The van der Waals surface area contributed by atoms with Gasteiger partial charge in [-0.15, -0.1) is 21.5 Å². The van der Waals surface area contributed by atoms with E-state index in [-0.39, 0.29) is 12.0 Å². The molecule has 0 aliphatic carbocycles. The van der Waals surface area contributed by atoms with Gasteiger partial charge in [0.2, 0.25) is 0 Å². The summed E-state index contributed by atoms with van der Waals surface area (Å²) in [5, 5.41) is 9.59. The Hall–Kier alpha value is -2.28. The number of ether oxygens (including phenoxy) is 1. The number of fused-ring (bicyclic) bond motifs is 3. The summed E-state index contributed by atoms with van der Waals surface area (Å²) in [6, 6.07) is -0.159. The van der Waals surface area contributed by atoms with Crippen molar-refractivity contribution < 1.29 is 9.53 Å². The standard InChI is InChI=1S/C19H24N4O2S/c1-10-12(3)26-18-16(10)14(8-9-15(24)25-19(5,6)7)20-11(2)17-22-21-13(4)23(17)18/h8-9,11H,1-7H3/b9-8+/t11-/m0/s1. The minimum absolute atomic E-state index is 0.159. The molecule has 1 atom stereocenters. The highest BCUT2D eigenvalue weighted by molar-refractivity contribution is 7.15. The zero-order chi connectivity index (χ0) is 19.2. The number of hydrogen-bond acceptors (Lipinski definition) is 6. The molecule has 7 heteroatoms. The molecule has 0 amide bonds. The molecule has 0 N–H and O–H groups in total. The first-order chi connectivity index (χ1) is 12.1. The van der Waals surface area contributed by atoms with Crippen molar-refractivity contribution >= 4 is 23.0 Å². The number of carbonyl (C=O) groups is 1. The number of esters is 1. The van der Waals surface area contributed by atoms with Gasteiger partial charge in [-0.2, -0.15) is 0 Å². The summed E-state index contributed by atoms with van der Waals surface area (Å²) in [5.41, 5.74) is 2.43. The Morgan fingerprint density at radius 1 is 1.23 bits per heavy atom. The topological polar surface area (TPSA) is 69.4 Å². The Balaban J connectivity index is 2.09. The number of allylic oxidation sites excluding steroid dienone is 1. The molecule has 26 heavy (non-hydrogen) atoms. The summed E-state index contributed by atoms with van der Waals surface area (Å²) in [6.07, 6.45) is 3.20. The van der Waals surface area contributed by atoms with E-state index in [1.54, 1.807) is 17.4 Å². The largest absolute Gasteiger partial charge is 0.457 e. The van der Waals surface area contributed by atoms with Crippen LogP contribution in [0.3, 0.4) is 0 Å². The third kappa shape index (κ3) is 3.35. The van der Waals surface area contributed by atoms with Gasteiger partial charge < -0.3 is 4.74 Å². The molecule has 0 unspecified atom stereocenters. The third-order valence-corrected chi connectivity index (χ3v) is 5.36. The second-order valence-corrected chi connectivity index (χ2v) is 8.66. The quantitative estimate of drug-likeness (QED) is 0.590. The molecule has 3 rings (SSSR count). The molecule has 6 nitrogen and oxygen atoms in total. The maximum Gasteiger partial charge on any atom is 0.331 e. The Labute approximate surface area is 157 Å². The first-order valence-electron chi connectivity index (χ1n) is 8.60. The van der Waals surface area contributed by atoms with Crippen molar-refractivity contribution in [3.63, 3.8) is 0 Å². The van der Waals surface area contributed by atoms with Crippen LogP contribution in [0.5, 0.6) is 0 Å². The number of aliphatic imine (C=N–C) groups is 1. The van der Waals surface area contributed by atoms with Gasteiger partial charge in [-0.25, -0.2) is 4.79 Å². The first kappa shape index (κ1) is 18.5. The second-order valence-electron chi connectivity index (χ2n) is 7.46. The summed E-state index contributed by atoms with van der Waals surface area (Å²) in [6.45, 7) is 13.7. The Kier molecular flexibility index (Phi) is 4.60. The molecule has 0 bridgehead atoms. The van der Waals surface area contributed by atoms with E-state index < -0.39 is 5.60 Å². The van der Waals surface area contributed by atoms with E-state index in [1.807, 2.05) is 34.6 Å². The van der Waals surface area contributed by atoms with Crippen LogP contribution in [-0.4, -0.2) is 32.0 Å². The van der Waals surface area contributed by atoms with Crippen molar-refractivity contribution in [1.29, 1.82) is 0 Å². The lowest BCUT2D eigenvalue weighted by molar-refractivity contribution is -0.148. The van der Waals surface area contributed by atoms with E-state index >= 15 is 0 Å². The average molecular weight is 372 g/mol. The van der Waals surface area contributed by atoms with Crippen molar-refractivity contribution in [3.05, 3.63) is 39.8 Å². The molecule has 0 fully saturated rings. The zero-order valence-electron chi connectivity index (χ0n) is 16.2. The van der Waals surface area contributed by atoms with Gasteiger partial charge in [0.05, 0.1) is 5.71 Å². The highest BCUT2D eigenvalue weighted by Crippen LogP contribution is 2.37. The monoisotopic (exact) mass is 372 g/mol. The van der Waals surface area contributed by atoms with Crippen LogP contribution < -0.4 is 0 Å². The van der Waals surface area contributed by atoms with Crippen LogP contribution in [0.25, 0.3) is 5.00 Å². The van der Waals surface area contributed by atoms with E-state index in [1.165, 1.54) is 11.0 Å². The third-order valence-electron chi connectivity index (χ3n) is 4.17. The van der Waals surface area contributed by atoms with Gasteiger partial charge >= 0.3 is 5.97 Å². The maximum absolute atomic E-state index is 12.1. The molecule has 0 saturated carbocycles. The lowest BCUT2D eigenvalue weighted by Crippen LogP contribution is -2.22. The van der Waals surface area contributed by atoms with Crippen LogP contribution >= 0.6 is 11.3 Å². The maximum atomic E-state index is 12.1. The molecule has 0 saturated heterocycles. The van der Waals surface area contributed by atoms with Crippen molar-refractivity contribution in [2.24, 2.45) is 4.99 Å². The van der Waals surface area contributed by atoms with Gasteiger partial charge in [-0.05, 0) is 60.1 Å². The van der Waals surface area contributed by atoms with Gasteiger partial charge in [-0.1, -0.05) is 0 Å². The number of carbonyl (C=O) groups excluding carboxylic acids is 1. The van der Waals surface area contributed by atoms with E-state index in [4.69, 9.17) is 9.73 Å². The van der Waals surface area contributed by atoms with Crippen LogP contribution in [0.4, 0.5) is 0 Å². The van der Waals surface area contributed by atoms with Crippen molar-refractivity contribution in [3.8, 4) is 5.00 Å². The first-order valence-corrected chi connectivity index (χ1v) is 9.41. The second kappa shape index (κ2) is 6.46. The zero-order valence-corrected chi connectivity index (χ0v) is 17.1. The summed E-state index contributed by atoms with van der Waals surface area (Å²) in [7, 11) is 0. The molecule has 2 aromatic rings. The summed E-state index contributed by atoms with van der Waals surface area (Å²) < 4.78 is 7.44. The van der Waals surface area contributed by atoms with Crippen LogP contribution in [0, 0.1) is 20.8 Å². The summed E-state index contributed by atoms with van der Waals surface area (Å²) >= 11 is 1.69. The van der Waals surface area contributed by atoms with Gasteiger partial charge in [0.1, 0.15) is 22.5 Å². The van der Waals surface area contributed by atoms with Crippen LogP contribution in [0.1, 0.15) is 61.4 Å². The SMILES string of the molecule is Cc1sc2c(c1C)C(/C=C/C(=O)OC(C)(C)C)=N[C@@H](C)c1nnc(C)n1-2. The van der Waals surface area contributed by atoms with Crippen LogP contribution in [0.15, 0.2) is 17.1 Å². The van der Waals surface area contributed by atoms with Crippen molar-refractivity contribution in [2.45, 2.75) is 60.1 Å². The number of hydrogen-bond donors (Lipinski definition) is 0. The van der Waals surface area contributed by atoms with Gasteiger partial charge in [-0.3, -0.25) is 9.56 Å². The smallest absolute Gasteiger partial charge is 0.331 e. The van der Waals surface area contributed by atoms with Crippen molar-refractivity contribution in [2.75, 3.05) is 0 Å². The Bertz CT molecular complexity index is 928. The molecule has 0 spiro atoms. The molecule has 1 aliphatic heterocycles. The predicted molar refractivity (Wildman–Crippen MR) is 103 cm³/mol. The lowest BCUT2D eigenvalue weighted by atomic mass is 10.1. The number of aryl methyl sites for hydroxylation is 2. The van der Waals surface area contributed by atoms with Gasteiger partial charge in [0.25, 0.3) is 0 Å². The number of aromatic nitrogens is 3. The minimum Gasteiger partial charge on any atom is -0.457 e. The molecular formula is C19H24N4O2S. The molecule has 2 aromatic heterocycles. The molecule has 3 heterocycles. The van der Waals surface area contributed by atoms with Crippen LogP contribution in [-0.2, 0) is 9.53 Å². The summed E-state index contributed by atoms with van der Waals surface area (Å²) in [4.78, 5) is 18.1. The fourth-order valence-corrected chi connectivity index (χ4v) is 4.13. The van der Waals surface area contributed by atoms with Crippen molar-refractivity contribution in [1.82, 2.24) is 14.8 Å². The Morgan fingerprint density at radius 3 is 2.58 bits per heavy atom. The van der Waals surface area contributed by atoms with Gasteiger partial charge in [0, 0.05) is 16.5 Å². The Morgan fingerprint density at radius 2 is 1.92 bits per heavy atom. The summed E-state index contributed by atoms with van der Waals surface area (Å²) in [5.74, 6) is 1.27. The van der Waals surface area contributed by atoms with E-state index in [0.29, 0.717) is 0 Å². The number of rotatable bonds is 2. The molecule has 0 aromatic carbocycles. The average Bonchev–Trinajstić information content (AvgIpc) is 2.99. The minimum atomic E-state index is -0.523. The fraction of sp³-hybridized carbons (Fsp3) is 0.474. The highest BCUT2D eigenvalue weighted by Gasteiger charge is 2.28. The van der Waals surface area contributed by atoms with E-state index in [2.05, 4.69) is 28.6 Å². The lowest BCUT2D eigenvalue weighted by Gasteiger charge is -2.18. The molecular weight excluding hydrogens is 348 g/mol. The number of nitrogens with zero attached hydrogens (tertiary/aromatic N) is 4. The number of thiophene rings is 1. The van der Waals surface area contributed by atoms with E-state index in [0.717, 1.165) is 33.5 Å². The molecule has 1 aliphatic rings.